The summed E-state index contributed by atoms with van der Waals surface area (Å²) in [5.74, 6) is 0.881. The highest BCUT2D eigenvalue weighted by Gasteiger charge is 2.19. The molecular weight excluding hydrogens is 276 g/mol. The van der Waals surface area contributed by atoms with Gasteiger partial charge < -0.3 is 9.73 Å². The zero-order chi connectivity index (χ0) is 15.9. The number of amides is 1. The van der Waals surface area contributed by atoms with Gasteiger partial charge in [-0.3, -0.25) is 4.79 Å². The van der Waals surface area contributed by atoms with Crippen LogP contribution in [0.2, 0.25) is 0 Å². The van der Waals surface area contributed by atoms with Gasteiger partial charge in [0.15, 0.2) is 5.69 Å². The third kappa shape index (κ3) is 4.20. The summed E-state index contributed by atoms with van der Waals surface area (Å²) in [6.45, 7) is 5.98. The third-order valence-electron chi connectivity index (χ3n) is 3.65. The Labute approximate surface area is 131 Å². The van der Waals surface area contributed by atoms with Crippen LogP contribution in [0.5, 0.6) is 0 Å². The normalized spacial score (nSPS) is 12.1. The van der Waals surface area contributed by atoms with E-state index in [2.05, 4.69) is 17.2 Å². The van der Waals surface area contributed by atoms with E-state index in [1.165, 1.54) is 12.8 Å². The summed E-state index contributed by atoms with van der Waals surface area (Å²) in [6.07, 6.45) is 4.50. The maximum Gasteiger partial charge on any atom is 0.273 e. The Bertz CT molecular complexity index is 605. The Morgan fingerprint density at radius 1 is 1.27 bits per heavy atom. The van der Waals surface area contributed by atoms with Crippen molar-refractivity contribution in [1.82, 2.24) is 10.3 Å². The second-order valence-corrected chi connectivity index (χ2v) is 5.66. The van der Waals surface area contributed by atoms with E-state index in [4.69, 9.17) is 4.42 Å². The SMILES string of the molecule is CCCCCC(C)NC(=O)c1nc(-c2ccccc2)oc1C. The maximum absolute atomic E-state index is 12.3. The van der Waals surface area contributed by atoms with Gasteiger partial charge in [0.1, 0.15) is 5.76 Å². The van der Waals surface area contributed by atoms with E-state index < -0.39 is 0 Å². The Kier molecular flexibility index (Phi) is 5.75. The zero-order valence-electron chi connectivity index (χ0n) is 13.6. The van der Waals surface area contributed by atoms with Crippen LogP contribution in [0.25, 0.3) is 11.5 Å². The van der Waals surface area contributed by atoms with Crippen molar-refractivity contribution < 1.29 is 9.21 Å². The van der Waals surface area contributed by atoms with Crippen molar-refractivity contribution in [3.63, 3.8) is 0 Å². The van der Waals surface area contributed by atoms with Crippen molar-refractivity contribution in [1.29, 1.82) is 0 Å². The minimum absolute atomic E-state index is 0.148. The van der Waals surface area contributed by atoms with Gasteiger partial charge in [-0.1, -0.05) is 44.4 Å². The van der Waals surface area contributed by atoms with E-state index >= 15 is 0 Å². The highest BCUT2D eigenvalue weighted by Crippen LogP contribution is 2.21. The molecule has 0 aliphatic heterocycles. The number of oxazole rings is 1. The summed E-state index contributed by atoms with van der Waals surface area (Å²) in [5.41, 5.74) is 1.25. The first-order valence-electron chi connectivity index (χ1n) is 7.95. The molecular formula is C18H24N2O2. The van der Waals surface area contributed by atoms with Crippen molar-refractivity contribution >= 4 is 5.91 Å². The standard InChI is InChI=1S/C18H24N2O2/c1-4-5-7-10-13(2)19-17(21)16-14(3)22-18(20-16)15-11-8-6-9-12-15/h6,8-9,11-13H,4-5,7,10H2,1-3H3,(H,19,21). The molecule has 1 heterocycles. The van der Waals surface area contributed by atoms with Crippen LogP contribution in [0.1, 0.15) is 55.8 Å². The Balaban J connectivity index is 2.03. The lowest BCUT2D eigenvalue weighted by Gasteiger charge is -2.12. The van der Waals surface area contributed by atoms with Gasteiger partial charge in [-0.25, -0.2) is 4.98 Å². The summed E-state index contributed by atoms with van der Waals surface area (Å²) in [5, 5.41) is 3.00. The van der Waals surface area contributed by atoms with Crippen LogP contribution in [0.15, 0.2) is 34.7 Å². The predicted molar refractivity (Wildman–Crippen MR) is 87.7 cm³/mol. The molecule has 0 saturated carbocycles. The first kappa shape index (κ1) is 16.3. The van der Waals surface area contributed by atoms with Gasteiger partial charge in [0.2, 0.25) is 5.89 Å². The molecule has 0 aliphatic carbocycles. The molecule has 0 saturated heterocycles. The average Bonchev–Trinajstić information content (AvgIpc) is 2.90. The fourth-order valence-corrected chi connectivity index (χ4v) is 2.38. The number of carbonyl (C=O) groups excluding carboxylic acids is 1. The number of unbranched alkanes of at least 4 members (excludes halogenated alkanes) is 2. The van der Waals surface area contributed by atoms with Crippen molar-refractivity contribution in [2.24, 2.45) is 0 Å². The molecule has 0 spiro atoms. The van der Waals surface area contributed by atoms with Gasteiger partial charge in [-0.05, 0) is 32.4 Å². The first-order valence-corrected chi connectivity index (χ1v) is 7.95. The quantitative estimate of drug-likeness (QED) is 0.773. The Hall–Kier alpha value is -2.10. The Morgan fingerprint density at radius 2 is 2.00 bits per heavy atom. The van der Waals surface area contributed by atoms with E-state index in [1.54, 1.807) is 6.92 Å². The molecule has 2 rings (SSSR count). The van der Waals surface area contributed by atoms with Crippen LogP contribution in [0.3, 0.4) is 0 Å². The molecule has 0 bridgehead atoms. The average molecular weight is 300 g/mol. The molecule has 0 radical (unpaired) electrons. The van der Waals surface area contributed by atoms with Crippen LogP contribution in [-0.4, -0.2) is 16.9 Å². The van der Waals surface area contributed by atoms with Gasteiger partial charge in [0.05, 0.1) is 0 Å². The number of nitrogens with one attached hydrogen (secondary N) is 1. The summed E-state index contributed by atoms with van der Waals surface area (Å²) in [4.78, 5) is 16.7. The smallest absolute Gasteiger partial charge is 0.273 e. The molecule has 1 N–H and O–H groups in total. The van der Waals surface area contributed by atoms with Gasteiger partial charge in [-0.2, -0.15) is 0 Å². The summed E-state index contributed by atoms with van der Waals surface area (Å²) >= 11 is 0. The Morgan fingerprint density at radius 3 is 2.68 bits per heavy atom. The molecule has 0 aliphatic rings. The zero-order valence-corrected chi connectivity index (χ0v) is 13.6. The molecule has 1 amide bonds. The van der Waals surface area contributed by atoms with E-state index in [1.807, 2.05) is 37.3 Å². The lowest BCUT2D eigenvalue weighted by atomic mass is 10.1. The second-order valence-electron chi connectivity index (χ2n) is 5.66. The van der Waals surface area contributed by atoms with Gasteiger partial charge in [-0.15, -0.1) is 0 Å². The number of nitrogens with zero attached hydrogens (tertiary/aromatic N) is 1. The molecule has 1 aromatic carbocycles. The molecule has 4 nitrogen and oxygen atoms in total. The highest BCUT2D eigenvalue weighted by molar-refractivity contribution is 5.93. The fourth-order valence-electron chi connectivity index (χ4n) is 2.38. The highest BCUT2D eigenvalue weighted by atomic mass is 16.4. The summed E-state index contributed by atoms with van der Waals surface area (Å²) in [6, 6.07) is 9.76. The summed E-state index contributed by atoms with van der Waals surface area (Å²) in [7, 11) is 0. The lowest BCUT2D eigenvalue weighted by Crippen LogP contribution is -2.33. The van der Waals surface area contributed by atoms with Crippen LogP contribution in [0, 0.1) is 6.92 Å². The van der Waals surface area contributed by atoms with E-state index in [9.17, 15) is 4.79 Å². The maximum atomic E-state index is 12.3. The predicted octanol–water partition coefficient (Wildman–Crippen LogP) is 4.35. The molecule has 22 heavy (non-hydrogen) atoms. The number of carbonyl (C=O) groups is 1. The van der Waals surface area contributed by atoms with Crippen molar-refractivity contribution in [3.05, 3.63) is 41.8 Å². The largest absolute Gasteiger partial charge is 0.441 e. The van der Waals surface area contributed by atoms with Gasteiger partial charge in [0, 0.05) is 11.6 Å². The van der Waals surface area contributed by atoms with Gasteiger partial charge in [0.25, 0.3) is 5.91 Å². The van der Waals surface area contributed by atoms with Crippen molar-refractivity contribution in [2.75, 3.05) is 0 Å². The molecule has 118 valence electrons. The topological polar surface area (TPSA) is 55.1 Å². The fraction of sp³-hybridized carbons (Fsp3) is 0.444. The van der Waals surface area contributed by atoms with Crippen molar-refractivity contribution in [3.8, 4) is 11.5 Å². The molecule has 1 unspecified atom stereocenters. The van der Waals surface area contributed by atoms with E-state index in [0.717, 1.165) is 18.4 Å². The van der Waals surface area contributed by atoms with Crippen LogP contribution in [0.4, 0.5) is 0 Å². The number of benzene rings is 1. The van der Waals surface area contributed by atoms with E-state index in [-0.39, 0.29) is 11.9 Å². The molecule has 2 aromatic rings. The third-order valence-corrected chi connectivity index (χ3v) is 3.65. The summed E-state index contributed by atoms with van der Waals surface area (Å²) < 4.78 is 5.63. The molecule has 1 aromatic heterocycles. The van der Waals surface area contributed by atoms with Crippen molar-refractivity contribution in [2.45, 2.75) is 52.5 Å². The van der Waals surface area contributed by atoms with Crippen LogP contribution >= 0.6 is 0 Å². The monoisotopic (exact) mass is 300 g/mol. The number of hydrogen-bond acceptors (Lipinski definition) is 3. The minimum Gasteiger partial charge on any atom is -0.441 e. The molecule has 1 atom stereocenters. The van der Waals surface area contributed by atoms with Gasteiger partial charge >= 0.3 is 0 Å². The number of aryl methyl sites for hydroxylation is 1. The van der Waals surface area contributed by atoms with Crippen LogP contribution < -0.4 is 5.32 Å². The lowest BCUT2D eigenvalue weighted by molar-refractivity contribution is 0.0932. The molecule has 4 heteroatoms. The minimum atomic E-state index is -0.160. The first-order chi connectivity index (χ1) is 10.6. The number of rotatable bonds is 7. The second kappa shape index (κ2) is 7.78. The molecule has 0 fully saturated rings. The number of hydrogen-bond donors (Lipinski definition) is 1. The number of aromatic nitrogens is 1. The van der Waals surface area contributed by atoms with E-state index in [0.29, 0.717) is 17.3 Å². The van der Waals surface area contributed by atoms with Crippen LogP contribution in [-0.2, 0) is 0 Å².